The van der Waals surface area contributed by atoms with Crippen molar-refractivity contribution in [3.05, 3.63) is 22.4 Å². The Morgan fingerprint density at radius 3 is 2.96 bits per heavy atom. The van der Waals surface area contributed by atoms with Crippen molar-refractivity contribution in [3.8, 4) is 0 Å². The van der Waals surface area contributed by atoms with Crippen LogP contribution in [0.4, 0.5) is 0 Å². The first kappa shape index (κ1) is 20.7. The molecule has 0 bridgehead atoms. The molecule has 1 aliphatic heterocycles. The van der Waals surface area contributed by atoms with Gasteiger partial charge in [0.05, 0.1) is 18.8 Å². The maximum Gasteiger partial charge on any atom is 0.191 e. The van der Waals surface area contributed by atoms with Gasteiger partial charge in [0.2, 0.25) is 0 Å². The summed E-state index contributed by atoms with van der Waals surface area (Å²) in [5.74, 6) is 0.879. The van der Waals surface area contributed by atoms with Crippen LogP contribution in [0.1, 0.15) is 31.2 Å². The van der Waals surface area contributed by atoms with Gasteiger partial charge in [-0.25, -0.2) is 0 Å². The number of morpholine rings is 1. The minimum absolute atomic E-state index is 0. The second-order valence-corrected chi connectivity index (χ2v) is 6.57. The van der Waals surface area contributed by atoms with Crippen molar-refractivity contribution in [2.24, 2.45) is 4.99 Å². The zero-order chi connectivity index (χ0) is 15.8. The van der Waals surface area contributed by atoms with E-state index in [1.165, 1.54) is 4.88 Å². The molecule has 1 aromatic heterocycles. The van der Waals surface area contributed by atoms with Crippen LogP contribution in [0.15, 0.2) is 22.5 Å². The number of hydrogen-bond donors (Lipinski definition) is 2. The van der Waals surface area contributed by atoms with E-state index in [-0.39, 0.29) is 24.0 Å². The third kappa shape index (κ3) is 6.56. The summed E-state index contributed by atoms with van der Waals surface area (Å²) in [6, 6.07) is 4.71. The quantitative estimate of drug-likeness (QED) is 0.396. The lowest BCUT2D eigenvalue weighted by atomic mass is 10.1. The fourth-order valence-corrected chi connectivity index (χ4v) is 3.54. The molecule has 2 heterocycles. The number of thiophene rings is 1. The molecule has 0 aromatic carbocycles. The van der Waals surface area contributed by atoms with Gasteiger partial charge in [0.15, 0.2) is 5.96 Å². The summed E-state index contributed by atoms with van der Waals surface area (Å²) in [5.41, 5.74) is 0. The Kier molecular flexibility index (Phi) is 10.1. The normalized spacial score (nSPS) is 20.7. The number of nitrogens with one attached hydrogen (secondary N) is 2. The monoisotopic (exact) mass is 452 g/mol. The molecule has 2 unspecified atom stereocenters. The summed E-state index contributed by atoms with van der Waals surface area (Å²) >= 11 is 1.82. The Morgan fingerprint density at radius 2 is 2.35 bits per heavy atom. The molecular formula is C16H29IN4OS. The molecule has 1 saturated heterocycles. The molecule has 0 aliphatic carbocycles. The third-order valence-corrected chi connectivity index (χ3v) is 4.79. The summed E-state index contributed by atoms with van der Waals surface area (Å²) < 4.78 is 5.68. The Morgan fingerprint density at radius 1 is 1.52 bits per heavy atom. The van der Waals surface area contributed by atoms with Crippen LogP contribution < -0.4 is 10.6 Å². The van der Waals surface area contributed by atoms with Gasteiger partial charge in [-0.05, 0) is 24.8 Å². The van der Waals surface area contributed by atoms with Crippen LogP contribution >= 0.6 is 35.3 Å². The number of guanidine groups is 1. The molecule has 1 aliphatic rings. The van der Waals surface area contributed by atoms with Gasteiger partial charge in [-0.2, -0.15) is 0 Å². The maximum atomic E-state index is 5.68. The SMILES string of the molecule is CCCNC(=NC)NCC(c1cccs1)N1CCOC(C)C1.I. The van der Waals surface area contributed by atoms with Crippen LogP contribution in [0.3, 0.4) is 0 Å². The minimum Gasteiger partial charge on any atom is -0.376 e. The second kappa shape index (κ2) is 11.2. The Hall–Kier alpha value is -0.380. The average Bonchev–Trinajstić information content (AvgIpc) is 3.05. The molecule has 0 saturated carbocycles. The Labute approximate surface area is 160 Å². The van der Waals surface area contributed by atoms with Crippen LogP contribution in [-0.4, -0.2) is 56.8 Å². The van der Waals surface area contributed by atoms with Crippen LogP contribution in [0, 0.1) is 0 Å². The number of hydrogen-bond acceptors (Lipinski definition) is 4. The molecule has 2 atom stereocenters. The molecule has 5 nitrogen and oxygen atoms in total. The molecule has 0 spiro atoms. The molecule has 2 N–H and O–H groups in total. The van der Waals surface area contributed by atoms with Crippen molar-refractivity contribution in [2.45, 2.75) is 32.4 Å². The van der Waals surface area contributed by atoms with E-state index in [9.17, 15) is 0 Å². The maximum absolute atomic E-state index is 5.68. The average molecular weight is 452 g/mol. The van der Waals surface area contributed by atoms with Crippen molar-refractivity contribution < 1.29 is 4.74 Å². The lowest BCUT2D eigenvalue weighted by Crippen LogP contribution is -2.48. The zero-order valence-corrected chi connectivity index (χ0v) is 17.4. The van der Waals surface area contributed by atoms with Crippen molar-refractivity contribution >= 4 is 41.3 Å². The number of aliphatic imine (C=N–C) groups is 1. The highest BCUT2D eigenvalue weighted by atomic mass is 127. The Bertz CT molecular complexity index is 455. The second-order valence-electron chi connectivity index (χ2n) is 5.59. The van der Waals surface area contributed by atoms with Crippen molar-refractivity contribution in [2.75, 3.05) is 39.8 Å². The first-order valence-corrected chi connectivity index (χ1v) is 8.96. The first-order valence-electron chi connectivity index (χ1n) is 8.08. The van der Waals surface area contributed by atoms with Crippen LogP contribution in [-0.2, 0) is 4.74 Å². The van der Waals surface area contributed by atoms with Crippen LogP contribution in [0.5, 0.6) is 0 Å². The van der Waals surface area contributed by atoms with E-state index < -0.39 is 0 Å². The van der Waals surface area contributed by atoms with E-state index in [0.29, 0.717) is 12.1 Å². The van der Waals surface area contributed by atoms with Crippen molar-refractivity contribution in [1.29, 1.82) is 0 Å². The summed E-state index contributed by atoms with van der Waals surface area (Å²) in [6.45, 7) is 8.87. The van der Waals surface area contributed by atoms with Crippen LogP contribution in [0.2, 0.25) is 0 Å². The summed E-state index contributed by atoms with van der Waals surface area (Å²) in [5, 5.41) is 8.95. The van der Waals surface area contributed by atoms with Gasteiger partial charge in [0, 0.05) is 38.1 Å². The summed E-state index contributed by atoms with van der Waals surface area (Å²) in [7, 11) is 1.82. The van der Waals surface area contributed by atoms with Crippen LogP contribution in [0.25, 0.3) is 0 Å². The Balaban J connectivity index is 0.00000264. The van der Waals surface area contributed by atoms with E-state index >= 15 is 0 Å². The highest BCUT2D eigenvalue weighted by molar-refractivity contribution is 14.0. The van der Waals surface area contributed by atoms with Gasteiger partial charge in [0.1, 0.15) is 0 Å². The highest BCUT2D eigenvalue weighted by Gasteiger charge is 2.26. The smallest absolute Gasteiger partial charge is 0.191 e. The first-order chi connectivity index (χ1) is 10.7. The van der Waals surface area contributed by atoms with Crippen molar-refractivity contribution in [3.63, 3.8) is 0 Å². The highest BCUT2D eigenvalue weighted by Crippen LogP contribution is 2.26. The predicted octanol–water partition coefficient (Wildman–Crippen LogP) is 2.70. The summed E-state index contributed by atoms with van der Waals surface area (Å²) in [4.78, 5) is 8.20. The van der Waals surface area contributed by atoms with Crippen molar-refractivity contribution in [1.82, 2.24) is 15.5 Å². The fourth-order valence-electron chi connectivity index (χ4n) is 2.68. The largest absolute Gasteiger partial charge is 0.376 e. The predicted molar refractivity (Wildman–Crippen MR) is 109 cm³/mol. The van der Waals surface area contributed by atoms with E-state index in [4.69, 9.17) is 4.74 Å². The standard InChI is InChI=1S/C16H28N4OS.HI/c1-4-7-18-16(17-3)19-11-14(15-6-5-10-22-15)20-8-9-21-13(2)12-20;/h5-6,10,13-14H,4,7-9,11-12H2,1-3H3,(H2,17,18,19);1H. The lowest BCUT2D eigenvalue weighted by molar-refractivity contribution is -0.0334. The van der Waals surface area contributed by atoms with E-state index in [2.05, 4.69) is 51.9 Å². The van der Waals surface area contributed by atoms with Gasteiger partial charge in [-0.15, -0.1) is 35.3 Å². The minimum atomic E-state index is 0. The molecular weight excluding hydrogens is 423 g/mol. The third-order valence-electron chi connectivity index (χ3n) is 3.81. The number of halogens is 1. The molecule has 0 radical (unpaired) electrons. The fraction of sp³-hybridized carbons (Fsp3) is 0.688. The number of rotatable bonds is 6. The number of nitrogens with zero attached hydrogens (tertiary/aromatic N) is 2. The van der Waals surface area contributed by atoms with Gasteiger partial charge in [-0.3, -0.25) is 9.89 Å². The lowest BCUT2D eigenvalue weighted by Gasteiger charge is -2.37. The molecule has 2 rings (SSSR count). The van der Waals surface area contributed by atoms with E-state index in [0.717, 1.165) is 45.2 Å². The molecule has 0 amide bonds. The number of ether oxygens (including phenoxy) is 1. The van der Waals surface area contributed by atoms with Gasteiger partial charge in [-0.1, -0.05) is 13.0 Å². The molecule has 132 valence electrons. The topological polar surface area (TPSA) is 48.9 Å². The summed E-state index contributed by atoms with van der Waals surface area (Å²) in [6.07, 6.45) is 1.39. The molecule has 1 fully saturated rings. The molecule has 7 heteroatoms. The van der Waals surface area contributed by atoms with Gasteiger partial charge >= 0.3 is 0 Å². The van der Waals surface area contributed by atoms with E-state index in [1.807, 2.05) is 18.4 Å². The van der Waals surface area contributed by atoms with E-state index in [1.54, 1.807) is 0 Å². The van der Waals surface area contributed by atoms with Gasteiger partial charge in [0.25, 0.3) is 0 Å². The zero-order valence-electron chi connectivity index (χ0n) is 14.2. The van der Waals surface area contributed by atoms with Gasteiger partial charge < -0.3 is 15.4 Å². The molecule has 23 heavy (non-hydrogen) atoms. The molecule has 1 aromatic rings.